The maximum absolute atomic E-state index is 2.60. The van der Waals surface area contributed by atoms with Crippen molar-refractivity contribution in [1.29, 1.82) is 0 Å². The lowest BCUT2D eigenvalue weighted by Crippen LogP contribution is -2.32. The highest BCUT2D eigenvalue weighted by Gasteiger charge is 2.36. The Morgan fingerprint density at radius 2 is 1.75 bits per heavy atom. The summed E-state index contributed by atoms with van der Waals surface area (Å²) in [5, 5.41) is 0. The first-order chi connectivity index (χ1) is 5.46. The molecule has 1 heterocycles. The average Bonchev–Trinajstić information content (AvgIpc) is 2.33. The highest BCUT2D eigenvalue weighted by molar-refractivity contribution is 4.89. The second kappa shape index (κ2) is 3.37. The molecule has 1 fully saturated rings. The Morgan fingerprint density at radius 3 is 2.00 bits per heavy atom. The van der Waals surface area contributed by atoms with Gasteiger partial charge in [0.1, 0.15) is 0 Å². The SMILES string of the molecule is CC(C)N1CCC(C)(C(C)C)C1. The van der Waals surface area contributed by atoms with E-state index in [2.05, 4.69) is 39.5 Å². The fraction of sp³-hybridized carbons (Fsp3) is 1.00. The Balaban J connectivity index is 2.55. The van der Waals surface area contributed by atoms with Gasteiger partial charge in [-0.3, -0.25) is 0 Å². The van der Waals surface area contributed by atoms with Crippen LogP contribution in [0.3, 0.4) is 0 Å². The largest absolute Gasteiger partial charge is 0.300 e. The van der Waals surface area contributed by atoms with Gasteiger partial charge in [-0.25, -0.2) is 0 Å². The molecule has 0 spiro atoms. The maximum Gasteiger partial charge on any atom is 0.00410 e. The van der Waals surface area contributed by atoms with Crippen molar-refractivity contribution in [3.05, 3.63) is 0 Å². The van der Waals surface area contributed by atoms with Gasteiger partial charge in [0.2, 0.25) is 0 Å². The third-order valence-electron chi connectivity index (χ3n) is 3.66. The molecular weight excluding hydrogens is 146 g/mol. The van der Waals surface area contributed by atoms with Gasteiger partial charge in [-0.15, -0.1) is 0 Å². The number of likely N-dealkylation sites (tertiary alicyclic amines) is 1. The van der Waals surface area contributed by atoms with E-state index in [1.54, 1.807) is 0 Å². The van der Waals surface area contributed by atoms with E-state index in [1.807, 2.05) is 0 Å². The summed E-state index contributed by atoms with van der Waals surface area (Å²) in [6.45, 7) is 14.3. The Morgan fingerprint density at radius 1 is 1.17 bits per heavy atom. The van der Waals surface area contributed by atoms with Crippen molar-refractivity contribution in [3.63, 3.8) is 0 Å². The summed E-state index contributed by atoms with van der Waals surface area (Å²) >= 11 is 0. The van der Waals surface area contributed by atoms with Gasteiger partial charge in [-0.2, -0.15) is 0 Å². The third kappa shape index (κ3) is 1.82. The molecule has 1 atom stereocenters. The molecular formula is C11H23N. The Hall–Kier alpha value is -0.0400. The lowest BCUT2D eigenvalue weighted by molar-refractivity contribution is 0.190. The predicted molar refractivity (Wildman–Crippen MR) is 54.3 cm³/mol. The fourth-order valence-electron chi connectivity index (χ4n) is 1.93. The molecule has 0 aromatic heterocycles. The first kappa shape index (κ1) is 10.0. The van der Waals surface area contributed by atoms with Gasteiger partial charge in [0.05, 0.1) is 0 Å². The number of hydrogen-bond donors (Lipinski definition) is 0. The molecule has 1 nitrogen and oxygen atoms in total. The van der Waals surface area contributed by atoms with Gasteiger partial charge in [-0.1, -0.05) is 20.8 Å². The van der Waals surface area contributed by atoms with Crippen LogP contribution in [0.5, 0.6) is 0 Å². The number of rotatable bonds is 2. The third-order valence-corrected chi connectivity index (χ3v) is 3.66. The van der Waals surface area contributed by atoms with E-state index in [-0.39, 0.29) is 0 Å². The maximum atomic E-state index is 2.60. The van der Waals surface area contributed by atoms with Crippen LogP contribution >= 0.6 is 0 Å². The Kier molecular flexibility index (Phi) is 2.82. The second-order valence-corrected chi connectivity index (χ2v) is 5.12. The lowest BCUT2D eigenvalue weighted by atomic mass is 9.78. The van der Waals surface area contributed by atoms with E-state index in [0.717, 1.165) is 12.0 Å². The molecule has 1 unspecified atom stereocenters. The second-order valence-electron chi connectivity index (χ2n) is 5.12. The molecule has 0 aromatic rings. The van der Waals surface area contributed by atoms with Crippen LogP contribution in [0.1, 0.15) is 41.0 Å². The standard InChI is InChI=1S/C11H23N/c1-9(2)11(5)6-7-12(8-11)10(3)4/h9-10H,6-8H2,1-5H3. The highest BCUT2D eigenvalue weighted by atomic mass is 15.2. The van der Waals surface area contributed by atoms with Gasteiger partial charge >= 0.3 is 0 Å². The summed E-state index contributed by atoms with van der Waals surface area (Å²) in [5.41, 5.74) is 0.574. The first-order valence-electron chi connectivity index (χ1n) is 5.20. The van der Waals surface area contributed by atoms with Crippen LogP contribution in [0.2, 0.25) is 0 Å². The predicted octanol–water partition coefficient (Wildman–Crippen LogP) is 2.76. The summed E-state index contributed by atoms with van der Waals surface area (Å²) in [6.07, 6.45) is 1.38. The molecule has 1 saturated heterocycles. The zero-order chi connectivity index (χ0) is 9.35. The van der Waals surface area contributed by atoms with E-state index in [0.29, 0.717) is 5.41 Å². The van der Waals surface area contributed by atoms with Crippen molar-refractivity contribution < 1.29 is 0 Å². The quantitative estimate of drug-likeness (QED) is 0.614. The van der Waals surface area contributed by atoms with E-state index >= 15 is 0 Å². The van der Waals surface area contributed by atoms with E-state index in [9.17, 15) is 0 Å². The summed E-state index contributed by atoms with van der Waals surface area (Å²) in [7, 11) is 0. The molecule has 0 radical (unpaired) electrons. The van der Waals surface area contributed by atoms with Crippen LogP contribution in [-0.2, 0) is 0 Å². The van der Waals surface area contributed by atoms with Gasteiger partial charge in [0.25, 0.3) is 0 Å². The molecule has 1 aliphatic rings. The van der Waals surface area contributed by atoms with Crippen molar-refractivity contribution >= 4 is 0 Å². The van der Waals surface area contributed by atoms with Crippen molar-refractivity contribution in [2.45, 2.75) is 47.1 Å². The molecule has 1 aliphatic heterocycles. The minimum Gasteiger partial charge on any atom is -0.300 e. The van der Waals surface area contributed by atoms with E-state index in [1.165, 1.54) is 19.5 Å². The summed E-state index contributed by atoms with van der Waals surface area (Å²) < 4.78 is 0. The van der Waals surface area contributed by atoms with Gasteiger partial charge in [0.15, 0.2) is 0 Å². The van der Waals surface area contributed by atoms with E-state index in [4.69, 9.17) is 0 Å². The van der Waals surface area contributed by atoms with Gasteiger partial charge in [0, 0.05) is 12.6 Å². The average molecular weight is 169 g/mol. The van der Waals surface area contributed by atoms with Crippen LogP contribution < -0.4 is 0 Å². The molecule has 0 amide bonds. The van der Waals surface area contributed by atoms with Crippen LogP contribution in [0, 0.1) is 11.3 Å². The van der Waals surface area contributed by atoms with E-state index < -0.39 is 0 Å². The molecule has 0 N–H and O–H groups in total. The normalized spacial score (nSPS) is 32.2. The van der Waals surface area contributed by atoms with Crippen molar-refractivity contribution in [2.75, 3.05) is 13.1 Å². The number of hydrogen-bond acceptors (Lipinski definition) is 1. The Bertz CT molecular complexity index is 151. The zero-order valence-electron chi connectivity index (χ0n) is 9.22. The first-order valence-corrected chi connectivity index (χ1v) is 5.20. The highest BCUT2D eigenvalue weighted by Crippen LogP contribution is 2.37. The summed E-state index contributed by atoms with van der Waals surface area (Å²) in [6, 6.07) is 0.727. The van der Waals surface area contributed by atoms with Crippen molar-refractivity contribution in [1.82, 2.24) is 4.90 Å². The lowest BCUT2D eigenvalue weighted by Gasteiger charge is -2.30. The minimum atomic E-state index is 0.574. The van der Waals surface area contributed by atoms with Crippen LogP contribution in [0.15, 0.2) is 0 Å². The summed E-state index contributed by atoms with van der Waals surface area (Å²) in [4.78, 5) is 2.60. The molecule has 0 aliphatic carbocycles. The topological polar surface area (TPSA) is 3.24 Å². The zero-order valence-corrected chi connectivity index (χ0v) is 9.22. The smallest absolute Gasteiger partial charge is 0.00410 e. The monoisotopic (exact) mass is 169 g/mol. The molecule has 12 heavy (non-hydrogen) atoms. The molecule has 1 heteroatoms. The van der Waals surface area contributed by atoms with Crippen LogP contribution in [0.4, 0.5) is 0 Å². The molecule has 1 rings (SSSR count). The van der Waals surface area contributed by atoms with Crippen molar-refractivity contribution in [3.8, 4) is 0 Å². The molecule has 0 bridgehead atoms. The van der Waals surface area contributed by atoms with Gasteiger partial charge in [-0.05, 0) is 38.1 Å². The van der Waals surface area contributed by atoms with Crippen LogP contribution in [-0.4, -0.2) is 24.0 Å². The number of nitrogens with zero attached hydrogens (tertiary/aromatic N) is 1. The van der Waals surface area contributed by atoms with Gasteiger partial charge < -0.3 is 4.90 Å². The molecule has 72 valence electrons. The molecule has 0 saturated carbocycles. The van der Waals surface area contributed by atoms with Crippen LogP contribution in [0.25, 0.3) is 0 Å². The summed E-state index contributed by atoms with van der Waals surface area (Å²) in [5.74, 6) is 0.821. The fourth-order valence-corrected chi connectivity index (χ4v) is 1.93. The molecule has 0 aromatic carbocycles. The van der Waals surface area contributed by atoms with Crippen molar-refractivity contribution in [2.24, 2.45) is 11.3 Å². The minimum absolute atomic E-state index is 0.574. The Labute approximate surface area is 77.1 Å².